The van der Waals surface area contributed by atoms with Crippen LogP contribution in [0.4, 0.5) is 8.78 Å². The van der Waals surface area contributed by atoms with E-state index in [0.29, 0.717) is 6.61 Å². The summed E-state index contributed by atoms with van der Waals surface area (Å²) in [5.74, 6) is -2.60. The van der Waals surface area contributed by atoms with Gasteiger partial charge in [0.25, 0.3) is 5.92 Å². The van der Waals surface area contributed by atoms with Gasteiger partial charge in [-0.15, -0.1) is 0 Å². The zero-order valence-electron chi connectivity index (χ0n) is 9.46. The fourth-order valence-corrected chi connectivity index (χ4v) is 2.72. The maximum Gasteiger partial charge on any atom is 0.261 e. The number of ether oxygens (including phenoxy) is 1. The van der Waals surface area contributed by atoms with Crippen LogP contribution in [0.2, 0.25) is 0 Å². The van der Waals surface area contributed by atoms with Gasteiger partial charge < -0.3 is 10.1 Å². The van der Waals surface area contributed by atoms with E-state index in [1.165, 1.54) is 5.56 Å². The Balaban J connectivity index is 1.86. The molecular formula is C13H15F2NO. The smallest absolute Gasteiger partial charge is 0.261 e. The Morgan fingerprint density at radius 2 is 2.12 bits per heavy atom. The molecule has 0 amide bonds. The van der Waals surface area contributed by atoms with Gasteiger partial charge in [-0.05, 0) is 17.5 Å². The maximum absolute atomic E-state index is 13.2. The Hall–Kier alpha value is -1.00. The van der Waals surface area contributed by atoms with Gasteiger partial charge in [0.1, 0.15) is 0 Å². The Bertz CT molecular complexity index is 422. The van der Waals surface area contributed by atoms with Gasteiger partial charge in [0.2, 0.25) is 0 Å². The summed E-state index contributed by atoms with van der Waals surface area (Å²) in [6.07, 6.45) is 0.509. The van der Waals surface area contributed by atoms with Crippen molar-refractivity contribution in [2.45, 2.75) is 30.9 Å². The molecule has 2 nitrogen and oxygen atoms in total. The third-order valence-corrected chi connectivity index (χ3v) is 3.54. The summed E-state index contributed by atoms with van der Waals surface area (Å²) >= 11 is 0. The minimum atomic E-state index is -2.60. The van der Waals surface area contributed by atoms with Crippen molar-refractivity contribution in [1.82, 2.24) is 5.32 Å². The van der Waals surface area contributed by atoms with Crippen LogP contribution >= 0.6 is 0 Å². The molecule has 2 atom stereocenters. The first-order valence-electron chi connectivity index (χ1n) is 5.96. The van der Waals surface area contributed by atoms with Crippen LogP contribution in [-0.2, 0) is 11.2 Å². The SMILES string of the molecule is FC1(F)CNC([C@H]2OCCc3ccccc32)C1. The average molecular weight is 239 g/mol. The number of nitrogens with one attached hydrogen (secondary N) is 1. The van der Waals surface area contributed by atoms with E-state index in [0.717, 1.165) is 12.0 Å². The lowest BCUT2D eigenvalue weighted by Crippen LogP contribution is -2.33. The predicted molar refractivity (Wildman–Crippen MR) is 60.2 cm³/mol. The third-order valence-electron chi connectivity index (χ3n) is 3.54. The molecule has 0 radical (unpaired) electrons. The molecule has 1 aromatic carbocycles. The molecule has 0 spiro atoms. The molecule has 2 aliphatic heterocycles. The van der Waals surface area contributed by atoms with E-state index in [-0.39, 0.29) is 25.1 Å². The minimum absolute atomic E-state index is 0.133. The minimum Gasteiger partial charge on any atom is -0.372 e. The molecule has 2 aliphatic rings. The second-order valence-corrected chi connectivity index (χ2v) is 4.79. The maximum atomic E-state index is 13.2. The summed E-state index contributed by atoms with van der Waals surface area (Å²) in [7, 11) is 0. The van der Waals surface area contributed by atoms with Crippen molar-refractivity contribution < 1.29 is 13.5 Å². The summed E-state index contributed by atoms with van der Waals surface area (Å²) in [5.41, 5.74) is 2.29. The Kier molecular flexibility index (Phi) is 2.64. The number of hydrogen-bond acceptors (Lipinski definition) is 2. The highest BCUT2D eigenvalue weighted by atomic mass is 19.3. The molecule has 1 unspecified atom stereocenters. The Morgan fingerprint density at radius 1 is 1.29 bits per heavy atom. The summed E-state index contributed by atoms with van der Waals surface area (Å²) in [4.78, 5) is 0. The fraction of sp³-hybridized carbons (Fsp3) is 0.538. The molecule has 1 fully saturated rings. The lowest BCUT2D eigenvalue weighted by Gasteiger charge is -2.30. The van der Waals surface area contributed by atoms with Crippen molar-refractivity contribution >= 4 is 0 Å². The van der Waals surface area contributed by atoms with Crippen molar-refractivity contribution in [3.63, 3.8) is 0 Å². The van der Waals surface area contributed by atoms with Crippen molar-refractivity contribution in [1.29, 1.82) is 0 Å². The van der Waals surface area contributed by atoms with Gasteiger partial charge in [-0.3, -0.25) is 0 Å². The Labute approximate surface area is 99.0 Å². The number of hydrogen-bond donors (Lipinski definition) is 1. The molecule has 2 heterocycles. The van der Waals surface area contributed by atoms with Crippen LogP contribution in [0.15, 0.2) is 24.3 Å². The van der Waals surface area contributed by atoms with Crippen LogP contribution < -0.4 is 5.32 Å². The molecule has 1 aromatic rings. The number of fused-ring (bicyclic) bond motifs is 1. The highest BCUT2D eigenvalue weighted by Gasteiger charge is 2.44. The molecule has 17 heavy (non-hydrogen) atoms. The van der Waals surface area contributed by atoms with E-state index in [1.807, 2.05) is 18.2 Å². The summed E-state index contributed by atoms with van der Waals surface area (Å²) < 4.78 is 32.1. The second kappa shape index (κ2) is 4.03. The zero-order valence-corrected chi connectivity index (χ0v) is 9.46. The summed E-state index contributed by atoms with van der Waals surface area (Å²) in [6.45, 7) is 0.380. The molecule has 92 valence electrons. The standard InChI is InChI=1S/C13H15F2NO/c14-13(15)7-11(16-8-13)12-10-4-2-1-3-9(10)5-6-17-12/h1-4,11-12,16H,5-8H2/t11?,12-/m0/s1. The first-order valence-corrected chi connectivity index (χ1v) is 5.96. The van der Waals surface area contributed by atoms with Crippen molar-refractivity contribution in [3.8, 4) is 0 Å². The average Bonchev–Trinajstić information content (AvgIpc) is 2.69. The van der Waals surface area contributed by atoms with Crippen molar-refractivity contribution in [2.24, 2.45) is 0 Å². The van der Waals surface area contributed by atoms with Crippen LogP contribution in [0.3, 0.4) is 0 Å². The molecule has 1 saturated heterocycles. The van der Waals surface area contributed by atoms with Gasteiger partial charge in [0.05, 0.1) is 19.3 Å². The summed E-state index contributed by atoms with van der Waals surface area (Å²) in [5, 5.41) is 2.88. The molecule has 0 aromatic heterocycles. The number of benzene rings is 1. The monoisotopic (exact) mass is 239 g/mol. The second-order valence-electron chi connectivity index (χ2n) is 4.79. The van der Waals surface area contributed by atoms with Gasteiger partial charge in [0, 0.05) is 12.5 Å². The number of rotatable bonds is 1. The van der Waals surface area contributed by atoms with Crippen LogP contribution in [-0.4, -0.2) is 25.1 Å². The van der Waals surface area contributed by atoms with Gasteiger partial charge in [0.15, 0.2) is 0 Å². The molecular weight excluding hydrogens is 224 g/mol. The molecule has 4 heteroatoms. The first-order chi connectivity index (χ1) is 8.16. The highest BCUT2D eigenvalue weighted by Crippen LogP contribution is 2.36. The lowest BCUT2D eigenvalue weighted by molar-refractivity contribution is -0.00654. The highest BCUT2D eigenvalue weighted by molar-refractivity contribution is 5.32. The third kappa shape index (κ3) is 2.07. The fourth-order valence-electron chi connectivity index (χ4n) is 2.72. The predicted octanol–water partition coefficient (Wildman–Crippen LogP) is 2.30. The van der Waals surface area contributed by atoms with E-state index in [1.54, 1.807) is 0 Å². The van der Waals surface area contributed by atoms with Gasteiger partial charge in [-0.25, -0.2) is 8.78 Å². The van der Waals surface area contributed by atoms with Gasteiger partial charge in [-0.1, -0.05) is 24.3 Å². The van der Waals surface area contributed by atoms with E-state index < -0.39 is 5.92 Å². The quantitative estimate of drug-likeness (QED) is 0.812. The molecule has 3 rings (SSSR count). The molecule has 1 N–H and O–H groups in total. The normalized spacial score (nSPS) is 31.2. The van der Waals surface area contributed by atoms with Gasteiger partial charge >= 0.3 is 0 Å². The van der Waals surface area contributed by atoms with Gasteiger partial charge in [-0.2, -0.15) is 0 Å². The summed E-state index contributed by atoms with van der Waals surface area (Å²) in [6, 6.07) is 7.69. The molecule has 0 saturated carbocycles. The van der Waals surface area contributed by atoms with Crippen LogP contribution in [0, 0.1) is 0 Å². The molecule has 0 bridgehead atoms. The Morgan fingerprint density at radius 3 is 2.88 bits per heavy atom. The van der Waals surface area contributed by atoms with E-state index in [9.17, 15) is 8.78 Å². The largest absolute Gasteiger partial charge is 0.372 e. The van der Waals surface area contributed by atoms with E-state index in [4.69, 9.17) is 4.74 Å². The van der Waals surface area contributed by atoms with Crippen LogP contribution in [0.25, 0.3) is 0 Å². The number of alkyl halides is 2. The number of halogens is 2. The van der Waals surface area contributed by atoms with Crippen molar-refractivity contribution in [3.05, 3.63) is 35.4 Å². The first kappa shape index (κ1) is 11.1. The molecule has 0 aliphatic carbocycles. The van der Waals surface area contributed by atoms with E-state index in [2.05, 4.69) is 11.4 Å². The van der Waals surface area contributed by atoms with E-state index >= 15 is 0 Å². The topological polar surface area (TPSA) is 21.3 Å². The lowest BCUT2D eigenvalue weighted by atomic mass is 9.92. The van der Waals surface area contributed by atoms with Crippen LogP contribution in [0.5, 0.6) is 0 Å². The zero-order chi connectivity index (χ0) is 11.9. The van der Waals surface area contributed by atoms with Crippen molar-refractivity contribution in [2.75, 3.05) is 13.2 Å². The van der Waals surface area contributed by atoms with Crippen LogP contribution in [0.1, 0.15) is 23.7 Å².